The molecule has 0 aliphatic rings. The number of carbonyl (C=O) groups excluding carboxylic acids is 2. The fraction of sp³-hybridized carbons (Fsp3) is 0.250. The fourth-order valence-electron chi connectivity index (χ4n) is 0.190. The van der Waals surface area contributed by atoms with Gasteiger partial charge >= 0.3 is 0 Å². The number of rotatable bonds is 2. The molecule has 8 heavy (non-hydrogen) atoms. The number of Topliss-reactive ketones (excluding diaryl/α,β-unsaturated/α-hetero) is 2. The van der Waals surface area contributed by atoms with E-state index in [9.17, 15) is 9.59 Å². The minimum atomic E-state index is -0.926. The molecule has 0 spiro atoms. The van der Waals surface area contributed by atoms with Crippen LogP contribution in [0, 0.1) is 5.41 Å². The lowest BCUT2D eigenvalue weighted by atomic mass is 10.3. The first-order valence-electron chi connectivity index (χ1n) is 1.95. The maximum absolute atomic E-state index is 10.1. The number of hydrogen-bond acceptors (Lipinski definition) is 3. The van der Waals surface area contributed by atoms with E-state index in [0.717, 1.165) is 6.92 Å². The Kier molecular flexibility index (Phi) is 1.88. The second-order valence-corrected chi connectivity index (χ2v) is 1.30. The third-order valence-electron chi connectivity index (χ3n) is 0.564. The highest BCUT2D eigenvalue weighted by atomic mass is 16.2. The van der Waals surface area contributed by atoms with Gasteiger partial charge in [-0.1, -0.05) is 0 Å². The van der Waals surface area contributed by atoms with Gasteiger partial charge in [-0.3, -0.25) is 15.0 Å². The van der Waals surface area contributed by atoms with Crippen LogP contribution in [0.15, 0.2) is 0 Å². The summed E-state index contributed by atoms with van der Waals surface area (Å²) in [5, 5.41) is 6.44. The predicted molar refractivity (Wildman–Crippen MR) is 27.6 cm³/mol. The molecule has 0 aromatic carbocycles. The number of ketones is 2. The third-order valence-corrected chi connectivity index (χ3v) is 0.564. The monoisotopic (exact) mass is 114 g/mol. The van der Waals surface area contributed by atoms with Crippen LogP contribution in [-0.4, -0.2) is 17.4 Å². The van der Waals surface area contributed by atoms with Gasteiger partial charge in [0, 0.05) is 6.92 Å². The zero-order valence-corrected chi connectivity index (χ0v) is 4.39. The summed E-state index contributed by atoms with van der Waals surface area (Å²) in [6.45, 7) is 1.07. The van der Waals surface area contributed by atoms with E-state index in [4.69, 9.17) is 5.41 Å². The predicted octanol–water partition coefficient (Wildman–Crippen LogP) is -0.920. The van der Waals surface area contributed by atoms with Crippen molar-refractivity contribution in [2.24, 2.45) is 5.73 Å². The lowest BCUT2D eigenvalue weighted by molar-refractivity contribution is -0.131. The second kappa shape index (κ2) is 2.20. The molecule has 0 atom stereocenters. The molecule has 0 saturated carbocycles. The van der Waals surface area contributed by atoms with Gasteiger partial charge in [0.15, 0.2) is 5.84 Å². The van der Waals surface area contributed by atoms with E-state index in [1.54, 1.807) is 0 Å². The van der Waals surface area contributed by atoms with Crippen LogP contribution in [-0.2, 0) is 9.59 Å². The van der Waals surface area contributed by atoms with E-state index < -0.39 is 17.4 Å². The zero-order chi connectivity index (χ0) is 6.73. The molecule has 0 aromatic heterocycles. The lowest BCUT2D eigenvalue weighted by Gasteiger charge is -1.86. The molecular weight excluding hydrogens is 108 g/mol. The smallest absolute Gasteiger partial charge is 0.262 e. The largest absolute Gasteiger partial charge is 0.381 e. The number of carbonyl (C=O) groups is 2. The molecule has 0 amide bonds. The molecule has 4 heteroatoms. The number of nitrogens with one attached hydrogen (secondary N) is 1. The van der Waals surface area contributed by atoms with Crippen LogP contribution in [0.5, 0.6) is 0 Å². The summed E-state index contributed by atoms with van der Waals surface area (Å²) in [5.74, 6) is -2.32. The van der Waals surface area contributed by atoms with Crippen LogP contribution in [0.25, 0.3) is 0 Å². The van der Waals surface area contributed by atoms with Crippen LogP contribution >= 0.6 is 0 Å². The molecule has 0 unspecified atom stereocenters. The SMILES string of the molecule is CC(=O)C(=O)C(=N)N. The molecule has 0 bridgehead atoms. The highest BCUT2D eigenvalue weighted by Gasteiger charge is 2.09. The average Bonchev–Trinajstić information content (AvgIpc) is 1.64. The molecule has 0 saturated heterocycles. The Morgan fingerprint density at radius 1 is 1.50 bits per heavy atom. The molecule has 0 aromatic rings. The molecule has 0 radical (unpaired) electrons. The first-order chi connectivity index (χ1) is 3.55. The summed E-state index contributed by atoms with van der Waals surface area (Å²) < 4.78 is 0. The van der Waals surface area contributed by atoms with Gasteiger partial charge in [0.25, 0.3) is 5.78 Å². The van der Waals surface area contributed by atoms with Crippen molar-refractivity contribution in [2.75, 3.05) is 0 Å². The Balaban J connectivity index is 4.05. The maximum Gasteiger partial charge on any atom is 0.262 e. The molecule has 0 aliphatic heterocycles. The summed E-state index contributed by atoms with van der Waals surface area (Å²) in [6, 6.07) is 0. The molecular formula is C4H6N2O2. The van der Waals surface area contributed by atoms with Crippen molar-refractivity contribution in [1.29, 1.82) is 5.41 Å². The topological polar surface area (TPSA) is 84.0 Å². The van der Waals surface area contributed by atoms with Crippen LogP contribution < -0.4 is 5.73 Å². The van der Waals surface area contributed by atoms with Crippen molar-refractivity contribution in [2.45, 2.75) is 6.92 Å². The Labute approximate surface area is 46.2 Å². The van der Waals surface area contributed by atoms with E-state index in [1.165, 1.54) is 0 Å². The normalized spacial score (nSPS) is 8.12. The van der Waals surface area contributed by atoms with Gasteiger partial charge in [0.1, 0.15) is 0 Å². The van der Waals surface area contributed by atoms with Gasteiger partial charge < -0.3 is 5.73 Å². The minimum Gasteiger partial charge on any atom is -0.381 e. The van der Waals surface area contributed by atoms with Crippen LogP contribution in [0.4, 0.5) is 0 Å². The zero-order valence-electron chi connectivity index (χ0n) is 4.39. The second-order valence-electron chi connectivity index (χ2n) is 1.30. The first-order valence-corrected chi connectivity index (χ1v) is 1.95. The van der Waals surface area contributed by atoms with Crippen molar-refractivity contribution in [1.82, 2.24) is 0 Å². The summed E-state index contributed by atoms with van der Waals surface area (Å²) in [6.07, 6.45) is 0. The number of nitrogens with two attached hydrogens (primary N) is 1. The van der Waals surface area contributed by atoms with Crippen molar-refractivity contribution < 1.29 is 9.59 Å². The maximum atomic E-state index is 10.1. The first kappa shape index (κ1) is 6.81. The Morgan fingerprint density at radius 3 is 1.88 bits per heavy atom. The molecule has 0 heterocycles. The number of hydrogen-bond donors (Lipinski definition) is 2. The van der Waals surface area contributed by atoms with Gasteiger partial charge in [-0.2, -0.15) is 0 Å². The van der Waals surface area contributed by atoms with E-state index in [0.29, 0.717) is 0 Å². The molecule has 0 fully saturated rings. The van der Waals surface area contributed by atoms with Gasteiger partial charge in [0.05, 0.1) is 0 Å². The van der Waals surface area contributed by atoms with Crippen LogP contribution in [0.3, 0.4) is 0 Å². The summed E-state index contributed by atoms with van der Waals surface area (Å²) >= 11 is 0. The molecule has 4 nitrogen and oxygen atoms in total. The van der Waals surface area contributed by atoms with Gasteiger partial charge in [-0.25, -0.2) is 0 Å². The highest BCUT2D eigenvalue weighted by molar-refractivity contribution is 6.63. The van der Waals surface area contributed by atoms with Crippen molar-refractivity contribution >= 4 is 17.4 Å². The summed E-state index contributed by atoms with van der Waals surface area (Å²) in [5.41, 5.74) is 4.65. The van der Waals surface area contributed by atoms with E-state index in [-0.39, 0.29) is 0 Å². The van der Waals surface area contributed by atoms with E-state index in [2.05, 4.69) is 5.73 Å². The van der Waals surface area contributed by atoms with Gasteiger partial charge in [-0.15, -0.1) is 0 Å². The lowest BCUT2D eigenvalue weighted by Crippen LogP contribution is -2.27. The Morgan fingerprint density at radius 2 is 1.88 bits per heavy atom. The standard InChI is InChI=1S/C4H6N2O2/c1-2(7)3(8)4(5)6/h1H3,(H3,5,6). The van der Waals surface area contributed by atoms with E-state index >= 15 is 0 Å². The van der Waals surface area contributed by atoms with Gasteiger partial charge in [0.2, 0.25) is 5.78 Å². The molecule has 0 aliphatic carbocycles. The Bertz CT molecular complexity index is 134. The molecule has 3 N–H and O–H groups in total. The Hall–Kier alpha value is -1.19. The average molecular weight is 114 g/mol. The van der Waals surface area contributed by atoms with E-state index in [1.807, 2.05) is 0 Å². The van der Waals surface area contributed by atoms with Gasteiger partial charge in [-0.05, 0) is 0 Å². The fourth-order valence-corrected chi connectivity index (χ4v) is 0.190. The summed E-state index contributed by atoms with van der Waals surface area (Å²) in [4.78, 5) is 20.2. The molecule has 0 rings (SSSR count). The van der Waals surface area contributed by atoms with Crippen molar-refractivity contribution in [3.8, 4) is 0 Å². The minimum absolute atomic E-state index is 0.697. The quantitative estimate of drug-likeness (QED) is 0.276. The van der Waals surface area contributed by atoms with Crippen molar-refractivity contribution in [3.05, 3.63) is 0 Å². The highest BCUT2D eigenvalue weighted by Crippen LogP contribution is 1.70. The van der Waals surface area contributed by atoms with Crippen LogP contribution in [0.2, 0.25) is 0 Å². The number of amidine groups is 1. The summed E-state index contributed by atoms with van der Waals surface area (Å²) in [7, 11) is 0. The van der Waals surface area contributed by atoms with Crippen LogP contribution in [0.1, 0.15) is 6.92 Å². The molecule has 44 valence electrons. The third kappa shape index (κ3) is 1.51. The van der Waals surface area contributed by atoms with Crippen molar-refractivity contribution in [3.63, 3.8) is 0 Å².